The first-order valence-electron chi connectivity index (χ1n) is 8.64. The van der Waals surface area contributed by atoms with E-state index in [1.807, 2.05) is 11.4 Å². The molecule has 4 rings (SSSR count). The summed E-state index contributed by atoms with van der Waals surface area (Å²) >= 11 is 9.27. The van der Waals surface area contributed by atoms with Crippen LogP contribution in [0.4, 0.5) is 4.39 Å². The van der Waals surface area contributed by atoms with E-state index >= 15 is 0 Å². The number of benzene rings is 1. The zero-order chi connectivity index (χ0) is 18.8. The van der Waals surface area contributed by atoms with Crippen molar-refractivity contribution in [2.75, 3.05) is 32.8 Å². The molecule has 1 amide bonds. The van der Waals surface area contributed by atoms with Crippen molar-refractivity contribution < 1.29 is 13.9 Å². The van der Waals surface area contributed by atoms with Gasteiger partial charge < -0.3 is 10.1 Å². The summed E-state index contributed by atoms with van der Waals surface area (Å²) in [6, 6.07) is 8.59. The first kappa shape index (κ1) is 18.8. The fraction of sp³-hybridized carbons (Fsp3) is 0.316. The number of carbonyl (C=O) groups excluding carboxylic acids is 1. The van der Waals surface area contributed by atoms with Crippen molar-refractivity contribution in [3.63, 3.8) is 0 Å². The number of halogens is 2. The van der Waals surface area contributed by atoms with E-state index in [1.165, 1.54) is 28.3 Å². The van der Waals surface area contributed by atoms with E-state index in [0.29, 0.717) is 39.7 Å². The molecular formula is C19H18ClFN2O2S2. The van der Waals surface area contributed by atoms with Gasteiger partial charge in [0.15, 0.2) is 0 Å². The van der Waals surface area contributed by atoms with Crippen LogP contribution in [0, 0.1) is 5.82 Å². The number of fused-ring (bicyclic) bond motifs is 1. The van der Waals surface area contributed by atoms with Gasteiger partial charge in [-0.1, -0.05) is 17.7 Å². The Hall–Kier alpha value is -1.51. The van der Waals surface area contributed by atoms with Crippen LogP contribution in [0.15, 0.2) is 35.7 Å². The van der Waals surface area contributed by atoms with E-state index in [2.05, 4.69) is 16.3 Å². The maximum absolute atomic E-state index is 13.4. The van der Waals surface area contributed by atoms with Crippen LogP contribution >= 0.6 is 34.3 Å². The maximum Gasteiger partial charge on any atom is 0.262 e. The third kappa shape index (κ3) is 4.02. The molecular weight excluding hydrogens is 407 g/mol. The minimum atomic E-state index is -0.336. The highest BCUT2D eigenvalue weighted by Gasteiger charge is 2.25. The molecule has 3 heterocycles. The Morgan fingerprint density at radius 1 is 1.33 bits per heavy atom. The largest absolute Gasteiger partial charge is 0.379 e. The van der Waals surface area contributed by atoms with Gasteiger partial charge in [-0.2, -0.15) is 0 Å². The van der Waals surface area contributed by atoms with E-state index in [-0.39, 0.29) is 17.8 Å². The summed E-state index contributed by atoms with van der Waals surface area (Å²) in [4.78, 5) is 16.7. The van der Waals surface area contributed by atoms with E-state index in [0.717, 1.165) is 13.1 Å². The fourth-order valence-corrected chi connectivity index (χ4v) is 5.55. The van der Waals surface area contributed by atoms with Crippen LogP contribution in [0.1, 0.15) is 20.6 Å². The van der Waals surface area contributed by atoms with Gasteiger partial charge in [0.1, 0.15) is 10.7 Å². The third-order valence-corrected chi connectivity index (χ3v) is 7.24. The molecule has 1 saturated heterocycles. The number of thiophene rings is 2. The number of nitrogens with one attached hydrogen (secondary N) is 1. The Bertz CT molecular complexity index is 939. The molecule has 1 aromatic carbocycles. The number of nitrogens with zero attached hydrogens (tertiary/aromatic N) is 1. The van der Waals surface area contributed by atoms with Crippen LogP contribution in [0.25, 0.3) is 10.1 Å². The standard InChI is InChI=1S/C19H18ClFN2O2S2/c20-17-13-4-3-12(21)10-16(13)27-18(17)19(24)22-11-14(15-2-1-9-26-15)23-5-7-25-8-6-23/h1-4,9-10,14H,5-8,11H2,(H,22,24)/t14-/m0/s1. The average molecular weight is 425 g/mol. The molecule has 0 saturated carbocycles. The van der Waals surface area contributed by atoms with E-state index in [4.69, 9.17) is 16.3 Å². The molecule has 1 fully saturated rings. The number of rotatable bonds is 5. The molecule has 27 heavy (non-hydrogen) atoms. The number of amides is 1. The minimum absolute atomic E-state index is 0.100. The van der Waals surface area contributed by atoms with Gasteiger partial charge in [-0.25, -0.2) is 4.39 Å². The summed E-state index contributed by atoms with van der Waals surface area (Å²) in [5.41, 5.74) is 0. The van der Waals surface area contributed by atoms with E-state index < -0.39 is 0 Å². The lowest BCUT2D eigenvalue weighted by molar-refractivity contribution is 0.0169. The van der Waals surface area contributed by atoms with Crippen LogP contribution in [0.2, 0.25) is 5.02 Å². The lowest BCUT2D eigenvalue weighted by atomic mass is 10.2. The van der Waals surface area contributed by atoms with Crippen LogP contribution < -0.4 is 5.32 Å². The molecule has 0 unspecified atom stereocenters. The molecule has 1 atom stereocenters. The van der Waals surface area contributed by atoms with Gasteiger partial charge in [0, 0.05) is 34.6 Å². The van der Waals surface area contributed by atoms with Crippen LogP contribution in [0.5, 0.6) is 0 Å². The van der Waals surface area contributed by atoms with Gasteiger partial charge in [-0.3, -0.25) is 9.69 Å². The average Bonchev–Trinajstić information content (AvgIpc) is 3.31. The van der Waals surface area contributed by atoms with Gasteiger partial charge in [0.05, 0.1) is 24.3 Å². The normalized spacial score (nSPS) is 16.5. The summed E-state index contributed by atoms with van der Waals surface area (Å²) in [5.74, 6) is -0.561. The molecule has 0 aliphatic carbocycles. The molecule has 4 nitrogen and oxygen atoms in total. The lowest BCUT2D eigenvalue weighted by Gasteiger charge is -2.34. The highest BCUT2D eigenvalue weighted by atomic mass is 35.5. The predicted octanol–water partition coefficient (Wildman–Crippen LogP) is 4.56. The van der Waals surface area contributed by atoms with Crippen molar-refractivity contribution in [3.05, 3.63) is 56.3 Å². The highest BCUT2D eigenvalue weighted by Crippen LogP contribution is 2.35. The topological polar surface area (TPSA) is 41.6 Å². The Balaban J connectivity index is 1.52. The van der Waals surface area contributed by atoms with Gasteiger partial charge in [0.25, 0.3) is 5.91 Å². The van der Waals surface area contributed by atoms with Crippen molar-refractivity contribution in [2.24, 2.45) is 0 Å². The van der Waals surface area contributed by atoms with Gasteiger partial charge in [-0.15, -0.1) is 22.7 Å². The molecule has 0 spiro atoms. The summed E-state index contributed by atoms with van der Waals surface area (Å²) in [6.07, 6.45) is 0. The number of ether oxygens (including phenoxy) is 1. The Morgan fingerprint density at radius 2 is 2.15 bits per heavy atom. The second-order valence-electron chi connectivity index (χ2n) is 6.28. The van der Waals surface area contributed by atoms with Crippen molar-refractivity contribution in [2.45, 2.75) is 6.04 Å². The monoisotopic (exact) mass is 424 g/mol. The van der Waals surface area contributed by atoms with Crippen LogP contribution in [0.3, 0.4) is 0 Å². The highest BCUT2D eigenvalue weighted by molar-refractivity contribution is 7.21. The molecule has 2 aromatic heterocycles. The summed E-state index contributed by atoms with van der Waals surface area (Å²) in [6.45, 7) is 3.55. The quantitative estimate of drug-likeness (QED) is 0.652. The van der Waals surface area contributed by atoms with Crippen LogP contribution in [-0.2, 0) is 4.74 Å². The zero-order valence-electron chi connectivity index (χ0n) is 14.4. The second kappa shape index (κ2) is 8.24. The first-order valence-corrected chi connectivity index (χ1v) is 10.7. The Morgan fingerprint density at radius 3 is 2.89 bits per heavy atom. The molecule has 0 radical (unpaired) electrons. The SMILES string of the molecule is O=C(NC[C@@H](c1cccs1)N1CCOCC1)c1sc2cc(F)ccc2c1Cl. The second-order valence-corrected chi connectivity index (χ2v) is 8.68. The first-order chi connectivity index (χ1) is 13.1. The molecule has 1 aliphatic rings. The van der Waals surface area contributed by atoms with E-state index in [1.54, 1.807) is 17.4 Å². The molecule has 3 aromatic rings. The van der Waals surface area contributed by atoms with Gasteiger partial charge in [0.2, 0.25) is 0 Å². The van der Waals surface area contributed by atoms with Crippen molar-refractivity contribution in [1.29, 1.82) is 0 Å². The van der Waals surface area contributed by atoms with Gasteiger partial charge in [-0.05, 0) is 29.6 Å². The minimum Gasteiger partial charge on any atom is -0.379 e. The zero-order valence-corrected chi connectivity index (χ0v) is 16.8. The maximum atomic E-state index is 13.4. The van der Waals surface area contributed by atoms with E-state index in [9.17, 15) is 9.18 Å². The molecule has 0 bridgehead atoms. The number of morpholine rings is 1. The Labute approximate surface area is 169 Å². The third-order valence-electron chi connectivity index (χ3n) is 4.61. The number of hydrogen-bond acceptors (Lipinski definition) is 5. The summed E-state index contributed by atoms with van der Waals surface area (Å²) in [7, 11) is 0. The molecule has 1 aliphatic heterocycles. The molecule has 8 heteroatoms. The predicted molar refractivity (Wildman–Crippen MR) is 109 cm³/mol. The molecule has 1 N–H and O–H groups in total. The summed E-state index contributed by atoms with van der Waals surface area (Å²) in [5, 5.41) is 6.15. The van der Waals surface area contributed by atoms with Crippen molar-refractivity contribution >= 4 is 50.3 Å². The fourth-order valence-electron chi connectivity index (χ4n) is 3.23. The van der Waals surface area contributed by atoms with Crippen LogP contribution in [-0.4, -0.2) is 43.7 Å². The number of hydrogen-bond donors (Lipinski definition) is 1. The van der Waals surface area contributed by atoms with Gasteiger partial charge >= 0.3 is 0 Å². The lowest BCUT2D eigenvalue weighted by Crippen LogP contribution is -2.43. The van der Waals surface area contributed by atoms with Crippen molar-refractivity contribution in [3.8, 4) is 0 Å². The van der Waals surface area contributed by atoms with Crippen molar-refractivity contribution in [1.82, 2.24) is 10.2 Å². The molecule has 142 valence electrons. The number of carbonyl (C=O) groups is 1. The smallest absolute Gasteiger partial charge is 0.262 e. The Kier molecular flexibility index (Phi) is 5.75. The summed E-state index contributed by atoms with van der Waals surface area (Å²) < 4.78 is 19.6.